The summed E-state index contributed by atoms with van der Waals surface area (Å²) in [6.07, 6.45) is 2.28. The monoisotopic (exact) mass is 414 g/mol. The second-order valence-electron chi connectivity index (χ2n) is 7.47. The average molecular weight is 414 g/mol. The Morgan fingerprint density at radius 1 is 1.07 bits per heavy atom. The lowest BCUT2D eigenvalue weighted by Crippen LogP contribution is -2.41. The number of nitrogens with zero attached hydrogens (tertiary/aromatic N) is 3. The number of hydrogen-bond donors (Lipinski definition) is 1. The zero-order valence-electron chi connectivity index (χ0n) is 16.2. The van der Waals surface area contributed by atoms with Gasteiger partial charge in [-0.15, -0.1) is 0 Å². The van der Waals surface area contributed by atoms with Crippen LogP contribution in [0.4, 0.5) is 13.2 Å². The van der Waals surface area contributed by atoms with Crippen molar-refractivity contribution in [3.8, 4) is 11.3 Å². The predicted molar refractivity (Wildman–Crippen MR) is 106 cm³/mol. The third kappa shape index (κ3) is 4.38. The average Bonchev–Trinajstić information content (AvgIpc) is 3.14. The molecule has 3 aromatic rings. The Kier molecular flexibility index (Phi) is 5.59. The van der Waals surface area contributed by atoms with Crippen LogP contribution in [0, 0.1) is 17.5 Å². The van der Waals surface area contributed by atoms with Crippen molar-refractivity contribution in [2.75, 3.05) is 6.54 Å². The van der Waals surface area contributed by atoms with Crippen LogP contribution < -0.4 is 5.73 Å². The number of rotatable bonds is 5. The summed E-state index contributed by atoms with van der Waals surface area (Å²) in [4.78, 5) is 19.0. The number of carbonyl (C=O) groups excluding carboxylic acids is 1. The molecule has 1 atom stereocenters. The molecule has 156 valence electrons. The Bertz CT molecular complexity index is 1060. The van der Waals surface area contributed by atoms with E-state index in [-0.39, 0.29) is 24.6 Å². The standard InChI is InChI=1S/C22H21F3N4O/c23-16-4-2-15(3-5-16)20-12-28-7-8-29(13-21(28)27-20)22(30)11-17(26)9-14-1-6-18(24)19(25)10-14/h1-6,10,12,17H,7-9,11,13,26H2. The van der Waals surface area contributed by atoms with E-state index in [4.69, 9.17) is 5.73 Å². The second-order valence-corrected chi connectivity index (χ2v) is 7.47. The molecule has 8 heteroatoms. The minimum absolute atomic E-state index is 0.102. The van der Waals surface area contributed by atoms with Gasteiger partial charge in [0.2, 0.25) is 5.91 Å². The Balaban J connectivity index is 1.38. The zero-order valence-corrected chi connectivity index (χ0v) is 16.2. The molecule has 1 aromatic heterocycles. The number of nitrogens with two attached hydrogens (primary N) is 1. The van der Waals surface area contributed by atoms with Crippen molar-refractivity contribution >= 4 is 5.91 Å². The van der Waals surface area contributed by atoms with Gasteiger partial charge in [-0.1, -0.05) is 6.07 Å². The molecular weight excluding hydrogens is 393 g/mol. The number of halogens is 3. The molecule has 0 saturated heterocycles. The Morgan fingerprint density at radius 3 is 2.57 bits per heavy atom. The van der Waals surface area contributed by atoms with Gasteiger partial charge >= 0.3 is 0 Å². The van der Waals surface area contributed by atoms with Crippen molar-refractivity contribution in [1.82, 2.24) is 14.5 Å². The van der Waals surface area contributed by atoms with E-state index >= 15 is 0 Å². The van der Waals surface area contributed by atoms with Gasteiger partial charge in [0.1, 0.15) is 11.6 Å². The lowest BCUT2D eigenvalue weighted by molar-refractivity contribution is -0.133. The second kappa shape index (κ2) is 8.31. The summed E-state index contributed by atoms with van der Waals surface area (Å²) in [5.74, 6) is -1.50. The first-order valence-corrected chi connectivity index (χ1v) is 9.68. The first-order valence-electron chi connectivity index (χ1n) is 9.68. The number of benzene rings is 2. The van der Waals surface area contributed by atoms with Crippen LogP contribution in [0.25, 0.3) is 11.3 Å². The largest absolute Gasteiger partial charge is 0.333 e. The molecule has 0 radical (unpaired) electrons. The quantitative estimate of drug-likeness (QED) is 0.697. The van der Waals surface area contributed by atoms with Gasteiger partial charge in [-0.05, 0) is 48.4 Å². The fourth-order valence-electron chi connectivity index (χ4n) is 3.62. The highest BCUT2D eigenvalue weighted by Crippen LogP contribution is 2.22. The SMILES string of the molecule is NC(CC(=O)N1CCn2cc(-c3ccc(F)cc3)nc2C1)Cc1ccc(F)c(F)c1. The third-order valence-electron chi connectivity index (χ3n) is 5.21. The van der Waals surface area contributed by atoms with Gasteiger partial charge in [-0.2, -0.15) is 0 Å². The van der Waals surface area contributed by atoms with E-state index in [1.807, 2.05) is 10.8 Å². The van der Waals surface area contributed by atoms with E-state index in [9.17, 15) is 18.0 Å². The fourth-order valence-corrected chi connectivity index (χ4v) is 3.62. The molecule has 2 N–H and O–H groups in total. The van der Waals surface area contributed by atoms with Crippen LogP contribution in [0.2, 0.25) is 0 Å². The molecule has 0 saturated carbocycles. The zero-order chi connectivity index (χ0) is 21.3. The molecule has 2 heterocycles. The molecule has 4 rings (SSSR count). The van der Waals surface area contributed by atoms with Crippen LogP contribution in [-0.2, 0) is 24.3 Å². The van der Waals surface area contributed by atoms with Crippen molar-refractivity contribution in [3.05, 3.63) is 77.5 Å². The number of aromatic nitrogens is 2. The predicted octanol–water partition coefficient (Wildman–Crippen LogP) is 3.27. The summed E-state index contributed by atoms with van der Waals surface area (Å²) >= 11 is 0. The third-order valence-corrected chi connectivity index (χ3v) is 5.21. The van der Waals surface area contributed by atoms with Crippen LogP contribution in [0.1, 0.15) is 17.8 Å². The van der Waals surface area contributed by atoms with Gasteiger partial charge in [0.25, 0.3) is 0 Å². The highest BCUT2D eigenvalue weighted by molar-refractivity contribution is 5.77. The minimum Gasteiger partial charge on any atom is -0.333 e. The van der Waals surface area contributed by atoms with Crippen molar-refractivity contribution in [3.63, 3.8) is 0 Å². The summed E-state index contributed by atoms with van der Waals surface area (Å²) in [5.41, 5.74) is 8.16. The fraction of sp³-hybridized carbons (Fsp3) is 0.273. The molecule has 1 amide bonds. The maximum Gasteiger partial charge on any atom is 0.224 e. The highest BCUT2D eigenvalue weighted by atomic mass is 19.2. The van der Waals surface area contributed by atoms with Gasteiger partial charge in [0.15, 0.2) is 11.6 Å². The number of fused-ring (bicyclic) bond motifs is 1. The molecule has 2 aromatic carbocycles. The van der Waals surface area contributed by atoms with E-state index in [0.717, 1.165) is 29.2 Å². The summed E-state index contributed by atoms with van der Waals surface area (Å²) in [7, 11) is 0. The minimum atomic E-state index is -0.925. The maximum atomic E-state index is 13.3. The molecule has 1 aliphatic heterocycles. The Labute approximate surface area is 171 Å². The number of hydrogen-bond acceptors (Lipinski definition) is 3. The lowest BCUT2D eigenvalue weighted by Gasteiger charge is -2.28. The number of amides is 1. The number of imidazole rings is 1. The van der Waals surface area contributed by atoms with Crippen molar-refractivity contribution in [2.45, 2.75) is 32.0 Å². The Hall–Kier alpha value is -3.13. The van der Waals surface area contributed by atoms with Gasteiger partial charge in [-0.25, -0.2) is 18.2 Å². The van der Waals surface area contributed by atoms with Gasteiger partial charge in [0.05, 0.1) is 12.2 Å². The first-order chi connectivity index (χ1) is 14.4. The molecule has 0 spiro atoms. The summed E-state index contributed by atoms with van der Waals surface area (Å²) in [5, 5.41) is 0. The normalized spacial score (nSPS) is 14.5. The Morgan fingerprint density at radius 2 is 1.83 bits per heavy atom. The van der Waals surface area contributed by atoms with Gasteiger partial charge in [0, 0.05) is 37.3 Å². The summed E-state index contributed by atoms with van der Waals surface area (Å²) in [6, 6.07) is 9.25. The van der Waals surface area contributed by atoms with Crippen LogP contribution in [0.15, 0.2) is 48.7 Å². The molecule has 30 heavy (non-hydrogen) atoms. The van der Waals surface area contributed by atoms with Crippen LogP contribution >= 0.6 is 0 Å². The number of carbonyl (C=O) groups is 1. The van der Waals surface area contributed by atoms with Crippen LogP contribution in [0.3, 0.4) is 0 Å². The van der Waals surface area contributed by atoms with E-state index in [2.05, 4.69) is 4.98 Å². The van der Waals surface area contributed by atoms with Crippen molar-refractivity contribution in [2.24, 2.45) is 5.73 Å². The molecule has 0 fully saturated rings. The van der Waals surface area contributed by atoms with Crippen LogP contribution in [0.5, 0.6) is 0 Å². The van der Waals surface area contributed by atoms with E-state index in [1.54, 1.807) is 17.0 Å². The molecule has 1 unspecified atom stereocenters. The van der Waals surface area contributed by atoms with E-state index in [0.29, 0.717) is 25.2 Å². The smallest absolute Gasteiger partial charge is 0.224 e. The maximum absolute atomic E-state index is 13.3. The highest BCUT2D eigenvalue weighted by Gasteiger charge is 2.24. The van der Waals surface area contributed by atoms with Gasteiger partial charge in [-0.3, -0.25) is 4.79 Å². The molecular formula is C22H21F3N4O. The van der Waals surface area contributed by atoms with Gasteiger partial charge < -0.3 is 15.2 Å². The van der Waals surface area contributed by atoms with Crippen molar-refractivity contribution < 1.29 is 18.0 Å². The summed E-state index contributed by atoms with van der Waals surface area (Å²) in [6.45, 7) is 1.49. The van der Waals surface area contributed by atoms with Crippen molar-refractivity contribution in [1.29, 1.82) is 0 Å². The molecule has 5 nitrogen and oxygen atoms in total. The van der Waals surface area contributed by atoms with E-state index in [1.165, 1.54) is 18.2 Å². The molecule has 0 aliphatic carbocycles. The molecule has 0 bridgehead atoms. The van der Waals surface area contributed by atoms with Crippen LogP contribution in [-0.4, -0.2) is 32.9 Å². The lowest BCUT2D eigenvalue weighted by atomic mass is 10.0. The first kappa shape index (κ1) is 20.2. The molecule has 1 aliphatic rings. The summed E-state index contributed by atoms with van der Waals surface area (Å²) < 4.78 is 41.5. The topological polar surface area (TPSA) is 64.2 Å². The van der Waals surface area contributed by atoms with E-state index < -0.39 is 17.7 Å².